The summed E-state index contributed by atoms with van der Waals surface area (Å²) < 4.78 is 0. The van der Waals surface area contributed by atoms with Crippen molar-refractivity contribution < 1.29 is 9.72 Å². The molecule has 120 valence electrons. The van der Waals surface area contributed by atoms with E-state index in [4.69, 9.17) is 11.6 Å². The normalized spacial score (nSPS) is 10.2. The molecule has 0 saturated heterocycles. The van der Waals surface area contributed by atoms with E-state index in [9.17, 15) is 14.9 Å². The molecular formula is C16H16ClN3O3. The van der Waals surface area contributed by atoms with E-state index in [0.717, 1.165) is 5.69 Å². The number of nitrogens with zero attached hydrogens (tertiary/aromatic N) is 2. The lowest BCUT2D eigenvalue weighted by Crippen LogP contribution is -2.33. The molecule has 1 amide bonds. The Kier molecular flexibility index (Phi) is 5.54. The van der Waals surface area contributed by atoms with Crippen molar-refractivity contribution in [1.29, 1.82) is 0 Å². The Morgan fingerprint density at radius 2 is 1.96 bits per heavy atom. The van der Waals surface area contributed by atoms with Crippen LogP contribution in [-0.4, -0.2) is 23.9 Å². The van der Waals surface area contributed by atoms with E-state index in [1.165, 1.54) is 18.2 Å². The SMILES string of the molecule is CCN(CC(=O)Nc1ccc([N+](=O)[O-])cc1Cl)c1ccccc1. The summed E-state index contributed by atoms with van der Waals surface area (Å²) in [6.07, 6.45) is 0. The summed E-state index contributed by atoms with van der Waals surface area (Å²) in [5.74, 6) is -0.244. The molecule has 0 heterocycles. The van der Waals surface area contributed by atoms with Gasteiger partial charge >= 0.3 is 0 Å². The molecule has 2 aromatic carbocycles. The van der Waals surface area contributed by atoms with E-state index in [0.29, 0.717) is 12.2 Å². The Bertz CT molecular complexity index is 707. The lowest BCUT2D eigenvalue weighted by atomic mass is 10.2. The molecule has 0 aromatic heterocycles. The fourth-order valence-corrected chi connectivity index (χ4v) is 2.33. The van der Waals surface area contributed by atoms with Gasteiger partial charge in [0.1, 0.15) is 0 Å². The number of para-hydroxylation sites is 1. The molecule has 0 fully saturated rings. The van der Waals surface area contributed by atoms with E-state index < -0.39 is 4.92 Å². The fourth-order valence-electron chi connectivity index (χ4n) is 2.11. The summed E-state index contributed by atoms with van der Waals surface area (Å²) in [5, 5.41) is 13.5. The molecular weight excluding hydrogens is 318 g/mol. The van der Waals surface area contributed by atoms with E-state index >= 15 is 0 Å². The van der Waals surface area contributed by atoms with Crippen LogP contribution in [0.25, 0.3) is 0 Å². The Morgan fingerprint density at radius 3 is 2.52 bits per heavy atom. The molecule has 0 unspecified atom stereocenters. The third kappa shape index (κ3) is 4.43. The second-order valence-electron chi connectivity index (χ2n) is 4.82. The first kappa shape index (κ1) is 16.8. The Labute approximate surface area is 138 Å². The van der Waals surface area contributed by atoms with Crippen LogP contribution < -0.4 is 10.2 Å². The highest BCUT2D eigenvalue weighted by molar-refractivity contribution is 6.34. The minimum atomic E-state index is -0.536. The highest BCUT2D eigenvalue weighted by Gasteiger charge is 2.14. The number of nitro groups is 1. The molecule has 0 aliphatic carbocycles. The summed E-state index contributed by atoms with van der Waals surface area (Å²) in [5.41, 5.74) is 1.18. The van der Waals surface area contributed by atoms with Gasteiger partial charge in [0.15, 0.2) is 0 Å². The first-order valence-electron chi connectivity index (χ1n) is 7.05. The van der Waals surface area contributed by atoms with Crippen LogP contribution in [0, 0.1) is 10.1 Å². The third-order valence-electron chi connectivity index (χ3n) is 3.28. The average molecular weight is 334 g/mol. The van der Waals surface area contributed by atoms with Crippen LogP contribution in [0.2, 0.25) is 5.02 Å². The highest BCUT2D eigenvalue weighted by Crippen LogP contribution is 2.26. The Hall–Kier alpha value is -2.60. The van der Waals surface area contributed by atoms with Crippen molar-refractivity contribution in [2.45, 2.75) is 6.92 Å². The number of benzene rings is 2. The second kappa shape index (κ2) is 7.60. The molecule has 0 atom stereocenters. The third-order valence-corrected chi connectivity index (χ3v) is 3.59. The van der Waals surface area contributed by atoms with E-state index in [1.807, 2.05) is 42.2 Å². The topological polar surface area (TPSA) is 75.5 Å². The van der Waals surface area contributed by atoms with Crippen molar-refractivity contribution in [2.75, 3.05) is 23.3 Å². The van der Waals surface area contributed by atoms with Crippen LogP contribution in [0.4, 0.5) is 17.1 Å². The first-order valence-corrected chi connectivity index (χ1v) is 7.43. The van der Waals surface area contributed by atoms with Gasteiger partial charge < -0.3 is 10.2 Å². The maximum absolute atomic E-state index is 12.2. The van der Waals surface area contributed by atoms with Crippen LogP contribution in [0.5, 0.6) is 0 Å². The van der Waals surface area contributed by atoms with Gasteiger partial charge in [0.2, 0.25) is 5.91 Å². The van der Waals surface area contributed by atoms with Crippen molar-refractivity contribution in [1.82, 2.24) is 0 Å². The van der Waals surface area contributed by atoms with Gasteiger partial charge in [0.25, 0.3) is 5.69 Å². The summed E-state index contributed by atoms with van der Waals surface area (Å²) in [6.45, 7) is 2.79. The number of non-ortho nitro benzene ring substituents is 1. The number of carbonyl (C=O) groups excluding carboxylic acids is 1. The summed E-state index contributed by atoms with van der Waals surface area (Å²) >= 11 is 5.97. The van der Waals surface area contributed by atoms with Gasteiger partial charge in [-0.15, -0.1) is 0 Å². The number of rotatable bonds is 6. The fraction of sp³-hybridized carbons (Fsp3) is 0.188. The molecule has 0 bridgehead atoms. The number of nitrogens with one attached hydrogen (secondary N) is 1. The number of halogens is 1. The van der Waals surface area contributed by atoms with Gasteiger partial charge in [0, 0.05) is 24.4 Å². The van der Waals surface area contributed by atoms with E-state index in [2.05, 4.69) is 5.32 Å². The van der Waals surface area contributed by atoms with E-state index in [-0.39, 0.29) is 23.2 Å². The molecule has 0 saturated carbocycles. The van der Waals surface area contributed by atoms with Crippen molar-refractivity contribution in [3.05, 3.63) is 63.7 Å². The van der Waals surface area contributed by atoms with Crippen LogP contribution >= 0.6 is 11.6 Å². The monoisotopic (exact) mass is 333 g/mol. The van der Waals surface area contributed by atoms with Crippen molar-refractivity contribution in [3.8, 4) is 0 Å². The molecule has 1 N–H and O–H groups in total. The van der Waals surface area contributed by atoms with Gasteiger partial charge in [-0.25, -0.2) is 0 Å². The predicted molar refractivity (Wildman–Crippen MR) is 91.1 cm³/mol. The molecule has 2 aromatic rings. The second-order valence-corrected chi connectivity index (χ2v) is 5.23. The number of anilines is 2. The Balaban J connectivity index is 2.06. The van der Waals surface area contributed by atoms with Crippen LogP contribution in [0.15, 0.2) is 48.5 Å². The van der Waals surface area contributed by atoms with Gasteiger partial charge in [-0.3, -0.25) is 14.9 Å². The zero-order valence-electron chi connectivity index (χ0n) is 12.5. The van der Waals surface area contributed by atoms with Crippen LogP contribution in [0.1, 0.15) is 6.92 Å². The standard InChI is InChI=1S/C16H16ClN3O3/c1-2-19(12-6-4-3-5-7-12)11-16(21)18-15-9-8-13(20(22)23)10-14(15)17/h3-10H,2,11H2,1H3,(H,18,21). The minimum Gasteiger partial charge on any atom is -0.362 e. The van der Waals surface area contributed by atoms with Gasteiger partial charge in [-0.2, -0.15) is 0 Å². The molecule has 0 aliphatic heterocycles. The molecule has 2 rings (SSSR count). The predicted octanol–water partition coefficient (Wildman–Crippen LogP) is 3.71. The number of nitro benzene ring substituents is 1. The van der Waals surface area contributed by atoms with Crippen LogP contribution in [0.3, 0.4) is 0 Å². The van der Waals surface area contributed by atoms with Crippen molar-refractivity contribution in [3.63, 3.8) is 0 Å². The van der Waals surface area contributed by atoms with Crippen LogP contribution in [-0.2, 0) is 4.79 Å². The molecule has 6 nitrogen and oxygen atoms in total. The lowest BCUT2D eigenvalue weighted by Gasteiger charge is -2.22. The van der Waals surface area contributed by atoms with Crippen molar-refractivity contribution in [2.24, 2.45) is 0 Å². The van der Waals surface area contributed by atoms with Gasteiger partial charge in [-0.1, -0.05) is 29.8 Å². The molecule has 0 spiro atoms. The summed E-state index contributed by atoms with van der Waals surface area (Å²) in [7, 11) is 0. The lowest BCUT2D eigenvalue weighted by molar-refractivity contribution is -0.384. The number of amides is 1. The van der Waals surface area contributed by atoms with E-state index in [1.54, 1.807) is 0 Å². The minimum absolute atomic E-state index is 0.118. The maximum atomic E-state index is 12.2. The quantitative estimate of drug-likeness (QED) is 0.645. The largest absolute Gasteiger partial charge is 0.362 e. The summed E-state index contributed by atoms with van der Waals surface area (Å²) in [4.78, 5) is 24.2. The molecule has 7 heteroatoms. The van der Waals surface area contributed by atoms with Crippen molar-refractivity contribution >= 4 is 34.6 Å². The molecule has 0 radical (unpaired) electrons. The maximum Gasteiger partial charge on any atom is 0.271 e. The smallest absolute Gasteiger partial charge is 0.271 e. The number of hydrogen-bond donors (Lipinski definition) is 1. The number of carbonyl (C=O) groups is 1. The zero-order valence-corrected chi connectivity index (χ0v) is 13.3. The first-order chi connectivity index (χ1) is 11.0. The highest BCUT2D eigenvalue weighted by atomic mass is 35.5. The Morgan fingerprint density at radius 1 is 1.26 bits per heavy atom. The molecule has 0 aliphatic rings. The number of hydrogen-bond acceptors (Lipinski definition) is 4. The number of likely N-dealkylation sites (N-methyl/N-ethyl adjacent to an activating group) is 1. The molecule has 23 heavy (non-hydrogen) atoms. The van der Waals surface area contributed by atoms with Gasteiger partial charge in [-0.05, 0) is 25.1 Å². The summed E-state index contributed by atoms with van der Waals surface area (Å²) in [6, 6.07) is 13.5. The van der Waals surface area contributed by atoms with Gasteiger partial charge in [0.05, 0.1) is 22.2 Å². The average Bonchev–Trinajstić information content (AvgIpc) is 2.55. The zero-order chi connectivity index (χ0) is 16.8.